The van der Waals surface area contributed by atoms with E-state index < -0.39 is 0 Å². The number of hydrogen-bond acceptors (Lipinski definition) is 6. The van der Waals surface area contributed by atoms with Gasteiger partial charge in [0, 0.05) is 11.1 Å². The van der Waals surface area contributed by atoms with Crippen LogP contribution in [-0.2, 0) is 0 Å². The summed E-state index contributed by atoms with van der Waals surface area (Å²) in [5, 5.41) is 4.39. The summed E-state index contributed by atoms with van der Waals surface area (Å²) >= 11 is 1.29. The van der Waals surface area contributed by atoms with Crippen LogP contribution < -0.4 is 19.6 Å². The van der Waals surface area contributed by atoms with E-state index >= 15 is 0 Å². The molecule has 2 heterocycles. The van der Waals surface area contributed by atoms with Gasteiger partial charge in [0.25, 0.3) is 5.56 Å². The normalized spacial score (nSPS) is 11.5. The first-order valence-corrected chi connectivity index (χ1v) is 10.1. The second-order valence-electron chi connectivity index (χ2n) is 6.31. The first-order valence-electron chi connectivity index (χ1n) is 9.28. The molecule has 0 aliphatic heterocycles. The van der Waals surface area contributed by atoms with Crippen LogP contribution in [0.5, 0.6) is 11.5 Å². The zero-order valence-corrected chi connectivity index (χ0v) is 17.0. The fraction of sp³-hybridized carbons (Fsp3) is 0.0870. The average molecular weight is 417 g/mol. The molecule has 30 heavy (non-hydrogen) atoms. The number of nitrogens with zero attached hydrogens (tertiary/aromatic N) is 3. The third-order valence-electron chi connectivity index (χ3n) is 4.22. The van der Waals surface area contributed by atoms with Gasteiger partial charge in [-0.1, -0.05) is 54.8 Å². The Labute approximate surface area is 177 Å². The van der Waals surface area contributed by atoms with Gasteiger partial charge in [0.05, 0.1) is 4.53 Å². The first-order chi connectivity index (χ1) is 14.7. The molecule has 0 N–H and O–H groups in total. The van der Waals surface area contributed by atoms with Gasteiger partial charge in [0.1, 0.15) is 24.7 Å². The van der Waals surface area contributed by atoms with Crippen LogP contribution in [0, 0.1) is 0 Å². The van der Waals surface area contributed by atoms with Crippen LogP contribution in [0.15, 0.2) is 78.6 Å². The van der Waals surface area contributed by atoms with E-state index in [0.717, 1.165) is 16.9 Å². The number of hydrogen-bond donors (Lipinski definition) is 0. The molecule has 0 atom stereocenters. The van der Waals surface area contributed by atoms with Crippen LogP contribution in [0.25, 0.3) is 22.4 Å². The summed E-state index contributed by atoms with van der Waals surface area (Å²) in [5.41, 5.74) is 1.42. The highest BCUT2D eigenvalue weighted by atomic mass is 32.1. The zero-order valence-electron chi connectivity index (χ0n) is 16.2. The monoisotopic (exact) mass is 417 g/mol. The number of rotatable bonds is 8. The van der Waals surface area contributed by atoms with E-state index in [4.69, 9.17) is 9.47 Å². The topological polar surface area (TPSA) is 65.7 Å². The molecule has 0 aliphatic carbocycles. The lowest BCUT2D eigenvalue weighted by Gasteiger charge is -2.05. The minimum atomic E-state index is -0.210. The molecule has 4 rings (SSSR count). The average Bonchev–Trinajstić information content (AvgIpc) is 3.31. The molecule has 0 spiro atoms. The lowest BCUT2D eigenvalue weighted by molar-refractivity contribution is 0.362. The second-order valence-corrected chi connectivity index (χ2v) is 7.32. The SMILES string of the molecule is C=CCOc1ccc(-c2nc3s/c(=C\c4ccccc4OCC=C)c(=O)n3n2)cc1. The highest BCUT2D eigenvalue weighted by molar-refractivity contribution is 7.15. The first kappa shape index (κ1) is 19.6. The Hall–Kier alpha value is -3.71. The van der Waals surface area contributed by atoms with E-state index in [1.165, 1.54) is 15.9 Å². The predicted octanol–water partition coefficient (Wildman–Crippen LogP) is 3.50. The highest BCUT2D eigenvalue weighted by Crippen LogP contribution is 2.21. The number of aromatic nitrogens is 3. The summed E-state index contributed by atoms with van der Waals surface area (Å²) in [6, 6.07) is 14.9. The van der Waals surface area contributed by atoms with Gasteiger partial charge in [-0.25, -0.2) is 0 Å². The third kappa shape index (κ3) is 4.01. The summed E-state index contributed by atoms with van der Waals surface area (Å²) < 4.78 is 13.0. The fourth-order valence-corrected chi connectivity index (χ4v) is 3.73. The van der Waals surface area contributed by atoms with Crippen molar-refractivity contribution >= 4 is 22.4 Å². The zero-order chi connectivity index (χ0) is 20.9. The van der Waals surface area contributed by atoms with E-state index in [2.05, 4.69) is 23.2 Å². The Kier molecular flexibility index (Phi) is 5.72. The molecule has 0 unspecified atom stereocenters. The Bertz CT molecular complexity index is 1310. The largest absolute Gasteiger partial charge is 0.490 e. The standard InChI is InChI=1S/C23H19N3O3S/c1-3-13-28-18-11-9-16(10-12-18)21-24-23-26(25-21)22(27)20(30-23)15-17-7-5-6-8-19(17)29-14-4-2/h3-12,15H,1-2,13-14H2/b20-15-. The molecule has 0 bridgehead atoms. The van der Waals surface area contributed by atoms with Gasteiger partial charge in [0.2, 0.25) is 4.96 Å². The molecule has 0 aliphatic rings. The van der Waals surface area contributed by atoms with Crippen molar-refractivity contribution in [2.75, 3.05) is 13.2 Å². The number of benzene rings is 2. The maximum absolute atomic E-state index is 12.8. The predicted molar refractivity (Wildman–Crippen MR) is 119 cm³/mol. The lowest BCUT2D eigenvalue weighted by atomic mass is 10.2. The molecule has 0 saturated heterocycles. The number of thiazole rings is 1. The summed E-state index contributed by atoms with van der Waals surface area (Å²) in [7, 11) is 0. The molecule has 7 heteroatoms. The summed E-state index contributed by atoms with van der Waals surface area (Å²) in [6.07, 6.45) is 5.17. The van der Waals surface area contributed by atoms with Crippen LogP contribution in [0.4, 0.5) is 0 Å². The van der Waals surface area contributed by atoms with Crippen LogP contribution in [0.1, 0.15) is 5.56 Å². The second kappa shape index (κ2) is 8.75. The van der Waals surface area contributed by atoms with Crippen molar-refractivity contribution in [1.82, 2.24) is 14.6 Å². The molecule has 2 aromatic carbocycles. The molecule has 0 amide bonds. The minimum absolute atomic E-state index is 0.210. The van der Waals surface area contributed by atoms with Gasteiger partial charge in [0.15, 0.2) is 5.82 Å². The summed E-state index contributed by atoms with van der Waals surface area (Å²) in [6.45, 7) is 8.13. The molecular weight excluding hydrogens is 398 g/mol. The molecule has 0 radical (unpaired) electrons. The quantitative estimate of drug-likeness (QED) is 0.411. The van der Waals surface area contributed by atoms with Crippen LogP contribution in [0.3, 0.4) is 0 Å². The third-order valence-corrected chi connectivity index (χ3v) is 5.18. The maximum Gasteiger partial charge on any atom is 0.291 e. The van der Waals surface area contributed by atoms with Crippen LogP contribution in [-0.4, -0.2) is 27.8 Å². The fourth-order valence-electron chi connectivity index (χ4n) is 2.83. The Balaban J connectivity index is 1.66. The molecule has 0 saturated carbocycles. The van der Waals surface area contributed by atoms with Gasteiger partial charge in [-0.05, 0) is 36.4 Å². The van der Waals surface area contributed by atoms with Gasteiger partial charge < -0.3 is 9.47 Å². The van der Waals surface area contributed by atoms with Crippen molar-refractivity contribution in [3.63, 3.8) is 0 Å². The highest BCUT2D eigenvalue weighted by Gasteiger charge is 2.12. The van der Waals surface area contributed by atoms with Crippen molar-refractivity contribution < 1.29 is 9.47 Å². The van der Waals surface area contributed by atoms with E-state index in [9.17, 15) is 4.79 Å². The number of ether oxygens (including phenoxy) is 2. The molecule has 6 nitrogen and oxygen atoms in total. The van der Waals surface area contributed by atoms with E-state index in [1.807, 2.05) is 48.5 Å². The molecular formula is C23H19N3O3S. The van der Waals surface area contributed by atoms with Crippen molar-refractivity contribution in [3.8, 4) is 22.9 Å². The van der Waals surface area contributed by atoms with E-state index in [1.54, 1.807) is 18.2 Å². The van der Waals surface area contributed by atoms with Crippen molar-refractivity contribution in [3.05, 3.63) is 94.3 Å². The van der Waals surface area contributed by atoms with Crippen molar-refractivity contribution in [1.29, 1.82) is 0 Å². The Morgan fingerprint density at radius 3 is 2.47 bits per heavy atom. The van der Waals surface area contributed by atoms with Crippen LogP contribution in [0.2, 0.25) is 0 Å². The number of para-hydroxylation sites is 1. The molecule has 0 fully saturated rings. The maximum atomic E-state index is 12.8. The smallest absolute Gasteiger partial charge is 0.291 e. The van der Waals surface area contributed by atoms with Gasteiger partial charge in [-0.2, -0.15) is 9.50 Å². The molecule has 2 aromatic heterocycles. The minimum Gasteiger partial charge on any atom is -0.490 e. The van der Waals surface area contributed by atoms with E-state index in [0.29, 0.717) is 34.3 Å². The van der Waals surface area contributed by atoms with Gasteiger partial charge >= 0.3 is 0 Å². The van der Waals surface area contributed by atoms with Gasteiger partial charge in [-0.15, -0.1) is 5.10 Å². The molecule has 150 valence electrons. The number of fused-ring (bicyclic) bond motifs is 1. The summed E-state index contributed by atoms with van der Waals surface area (Å²) in [4.78, 5) is 17.9. The van der Waals surface area contributed by atoms with E-state index in [-0.39, 0.29) is 5.56 Å². The molecule has 4 aromatic rings. The van der Waals surface area contributed by atoms with Gasteiger partial charge in [-0.3, -0.25) is 4.79 Å². The lowest BCUT2D eigenvalue weighted by Crippen LogP contribution is -2.23. The van der Waals surface area contributed by atoms with Crippen LogP contribution >= 0.6 is 11.3 Å². The van der Waals surface area contributed by atoms with Crippen molar-refractivity contribution in [2.24, 2.45) is 0 Å². The Morgan fingerprint density at radius 2 is 1.73 bits per heavy atom. The summed E-state index contributed by atoms with van der Waals surface area (Å²) in [5.74, 6) is 1.92. The van der Waals surface area contributed by atoms with Crippen molar-refractivity contribution in [2.45, 2.75) is 0 Å². The Morgan fingerprint density at radius 1 is 1.00 bits per heavy atom.